The van der Waals surface area contributed by atoms with Crippen molar-refractivity contribution in [1.29, 1.82) is 0 Å². The van der Waals surface area contributed by atoms with Gasteiger partial charge in [-0.3, -0.25) is 5.10 Å². The van der Waals surface area contributed by atoms with Crippen molar-refractivity contribution >= 4 is 5.82 Å². The molecule has 1 aliphatic heterocycles. The quantitative estimate of drug-likeness (QED) is 0.859. The normalized spacial score (nSPS) is 19.7. The molecule has 4 nitrogen and oxygen atoms in total. The number of aryl methyl sites for hydroxylation is 1. The summed E-state index contributed by atoms with van der Waals surface area (Å²) >= 11 is 0. The van der Waals surface area contributed by atoms with E-state index in [1.54, 1.807) is 0 Å². The third-order valence-electron chi connectivity index (χ3n) is 3.58. The van der Waals surface area contributed by atoms with Crippen molar-refractivity contribution in [1.82, 2.24) is 15.1 Å². The minimum atomic E-state index is 0.901. The van der Waals surface area contributed by atoms with E-state index in [9.17, 15) is 0 Å². The lowest BCUT2D eigenvalue weighted by Gasteiger charge is -2.24. The van der Waals surface area contributed by atoms with E-state index >= 15 is 0 Å². The monoisotopic (exact) mass is 244 g/mol. The van der Waals surface area contributed by atoms with Crippen LogP contribution in [0.4, 0.5) is 5.82 Å². The lowest BCUT2D eigenvalue weighted by Crippen LogP contribution is -2.20. The van der Waals surface area contributed by atoms with Gasteiger partial charge >= 0.3 is 0 Å². The van der Waals surface area contributed by atoms with E-state index in [-0.39, 0.29) is 0 Å². The Kier molecular flexibility index (Phi) is 3.09. The van der Waals surface area contributed by atoms with Gasteiger partial charge in [-0.2, -0.15) is 5.10 Å². The van der Waals surface area contributed by atoms with Gasteiger partial charge in [0.15, 0.2) is 5.82 Å². The minimum Gasteiger partial charge on any atom is -0.375 e. The predicted octanol–water partition coefficient (Wildman–Crippen LogP) is 2.79. The smallest absolute Gasteiger partial charge is 0.152 e. The highest BCUT2D eigenvalue weighted by atomic mass is 15.2. The van der Waals surface area contributed by atoms with Crippen molar-refractivity contribution in [3.8, 4) is 0 Å². The Morgan fingerprint density at radius 1 is 1.33 bits per heavy atom. The van der Waals surface area contributed by atoms with E-state index in [4.69, 9.17) is 0 Å². The van der Waals surface area contributed by atoms with Gasteiger partial charge in [0.1, 0.15) is 0 Å². The van der Waals surface area contributed by atoms with Gasteiger partial charge in [0, 0.05) is 36.2 Å². The maximum absolute atomic E-state index is 4.21. The van der Waals surface area contributed by atoms with Crippen LogP contribution in [0.2, 0.25) is 0 Å². The Hall–Kier alpha value is -1.71. The lowest BCUT2D eigenvalue weighted by molar-refractivity contribution is 0.407. The second-order valence-corrected chi connectivity index (χ2v) is 5.09. The van der Waals surface area contributed by atoms with Crippen LogP contribution in [0, 0.1) is 6.92 Å². The number of aromatic nitrogens is 2. The number of hydrogen-bond donors (Lipinski definition) is 2. The second-order valence-electron chi connectivity index (χ2n) is 5.09. The molecule has 1 fully saturated rings. The first-order valence-corrected chi connectivity index (χ1v) is 6.76. The number of hydrogen-bond acceptors (Lipinski definition) is 3. The number of rotatable bonds is 3. The van der Waals surface area contributed by atoms with Gasteiger partial charge in [-0.25, -0.2) is 0 Å². The molecule has 96 valence electrons. The molecule has 2 N–H and O–H groups in total. The summed E-state index contributed by atoms with van der Waals surface area (Å²) in [7, 11) is 0. The SMILES string of the molecule is Cc1cc(NC2=CCCC(N3CCCC3)=C2)n[nH]1. The first-order valence-electron chi connectivity index (χ1n) is 6.76. The Bertz CT molecular complexity index is 478. The number of nitrogens with zero attached hydrogens (tertiary/aromatic N) is 2. The fourth-order valence-corrected chi connectivity index (χ4v) is 2.66. The largest absolute Gasteiger partial charge is 0.375 e. The summed E-state index contributed by atoms with van der Waals surface area (Å²) in [6.45, 7) is 4.46. The molecule has 1 saturated heterocycles. The molecule has 0 amide bonds. The molecule has 2 heterocycles. The van der Waals surface area contributed by atoms with E-state index in [2.05, 4.69) is 32.6 Å². The van der Waals surface area contributed by atoms with Crippen LogP contribution in [0.3, 0.4) is 0 Å². The molecule has 0 unspecified atom stereocenters. The lowest BCUT2D eigenvalue weighted by atomic mass is 10.1. The zero-order valence-electron chi connectivity index (χ0n) is 10.9. The molecule has 1 aliphatic carbocycles. The molecule has 2 aliphatic rings. The van der Waals surface area contributed by atoms with Crippen molar-refractivity contribution in [2.45, 2.75) is 32.6 Å². The maximum atomic E-state index is 4.21. The molecule has 1 aromatic rings. The summed E-state index contributed by atoms with van der Waals surface area (Å²) < 4.78 is 0. The molecule has 1 aromatic heterocycles. The molecule has 0 bridgehead atoms. The highest BCUT2D eigenvalue weighted by molar-refractivity contribution is 5.47. The predicted molar refractivity (Wildman–Crippen MR) is 73.2 cm³/mol. The van der Waals surface area contributed by atoms with Crippen LogP contribution >= 0.6 is 0 Å². The highest BCUT2D eigenvalue weighted by Crippen LogP contribution is 2.24. The average Bonchev–Trinajstić information content (AvgIpc) is 3.01. The van der Waals surface area contributed by atoms with Crippen molar-refractivity contribution < 1.29 is 0 Å². The summed E-state index contributed by atoms with van der Waals surface area (Å²) in [4.78, 5) is 2.52. The summed E-state index contributed by atoms with van der Waals surface area (Å²) in [5, 5.41) is 10.5. The first-order chi connectivity index (χ1) is 8.81. The van der Waals surface area contributed by atoms with Crippen LogP contribution in [0.5, 0.6) is 0 Å². The van der Waals surface area contributed by atoms with Crippen molar-refractivity contribution in [3.05, 3.63) is 35.3 Å². The Labute approximate surface area is 108 Å². The molecular weight excluding hydrogens is 224 g/mol. The minimum absolute atomic E-state index is 0.901. The summed E-state index contributed by atoms with van der Waals surface area (Å²) in [6.07, 6.45) is 9.49. The molecule has 18 heavy (non-hydrogen) atoms. The Morgan fingerprint density at radius 3 is 2.89 bits per heavy atom. The van der Waals surface area contributed by atoms with Crippen LogP contribution in [-0.4, -0.2) is 28.2 Å². The third-order valence-corrected chi connectivity index (χ3v) is 3.58. The Balaban J connectivity index is 1.70. The van der Waals surface area contributed by atoms with Crippen LogP contribution in [0.1, 0.15) is 31.4 Å². The van der Waals surface area contributed by atoms with Crippen LogP contribution in [0.15, 0.2) is 29.6 Å². The van der Waals surface area contributed by atoms with Gasteiger partial charge in [0.2, 0.25) is 0 Å². The van der Waals surface area contributed by atoms with Crippen LogP contribution in [-0.2, 0) is 0 Å². The van der Waals surface area contributed by atoms with E-state index in [0.717, 1.165) is 17.9 Å². The number of anilines is 1. The zero-order valence-corrected chi connectivity index (χ0v) is 10.9. The molecule has 3 rings (SSSR count). The fourth-order valence-electron chi connectivity index (χ4n) is 2.66. The highest BCUT2D eigenvalue weighted by Gasteiger charge is 2.16. The third kappa shape index (κ3) is 2.42. The molecule has 4 heteroatoms. The topological polar surface area (TPSA) is 44.0 Å². The summed E-state index contributed by atoms with van der Waals surface area (Å²) in [5.74, 6) is 0.901. The van der Waals surface area contributed by atoms with Crippen molar-refractivity contribution in [2.75, 3.05) is 18.4 Å². The molecule has 0 aromatic carbocycles. The second kappa shape index (κ2) is 4.88. The van der Waals surface area contributed by atoms with E-state index in [1.807, 2.05) is 13.0 Å². The van der Waals surface area contributed by atoms with Gasteiger partial charge in [-0.05, 0) is 38.7 Å². The molecule has 0 spiro atoms. The average molecular weight is 244 g/mol. The number of H-pyrrole nitrogens is 1. The van der Waals surface area contributed by atoms with Gasteiger partial charge in [-0.15, -0.1) is 0 Å². The first kappa shape index (κ1) is 11.4. The standard InChI is InChI=1S/C14H20N4/c1-11-9-14(17-16-11)15-12-5-4-6-13(10-12)18-7-2-3-8-18/h5,9-10H,2-4,6-8H2,1H3,(H2,15,16,17). The number of likely N-dealkylation sites (tertiary alicyclic amines) is 1. The van der Waals surface area contributed by atoms with E-state index in [0.29, 0.717) is 0 Å². The molecule has 0 saturated carbocycles. The molecule has 0 radical (unpaired) electrons. The van der Waals surface area contributed by atoms with Crippen molar-refractivity contribution in [3.63, 3.8) is 0 Å². The van der Waals surface area contributed by atoms with Crippen LogP contribution < -0.4 is 5.32 Å². The molecule has 0 atom stereocenters. The maximum Gasteiger partial charge on any atom is 0.152 e. The van der Waals surface area contributed by atoms with Gasteiger partial charge in [0.25, 0.3) is 0 Å². The fraction of sp³-hybridized carbons (Fsp3) is 0.500. The van der Waals surface area contributed by atoms with E-state index in [1.165, 1.54) is 43.7 Å². The number of nitrogens with one attached hydrogen (secondary N) is 2. The zero-order chi connectivity index (χ0) is 12.4. The van der Waals surface area contributed by atoms with Gasteiger partial charge in [0.05, 0.1) is 0 Å². The Morgan fingerprint density at radius 2 is 2.17 bits per heavy atom. The number of allylic oxidation sites excluding steroid dienone is 3. The van der Waals surface area contributed by atoms with Gasteiger partial charge in [-0.1, -0.05) is 6.08 Å². The number of aromatic amines is 1. The van der Waals surface area contributed by atoms with Gasteiger partial charge < -0.3 is 10.2 Å². The molecular formula is C14H20N4. The van der Waals surface area contributed by atoms with Crippen LogP contribution in [0.25, 0.3) is 0 Å². The van der Waals surface area contributed by atoms with E-state index < -0.39 is 0 Å². The van der Waals surface area contributed by atoms with Crippen molar-refractivity contribution in [2.24, 2.45) is 0 Å². The summed E-state index contributed by atoms with van der Waals surface area (Å²) in [6, 6.07) is 2.03. The summed E-state index contributed by atoms with van der Waals surface area (Å²) in [5.41, 5.74) is 3.73.